The van der Waals surface area contributed by atoms with E-state index in [1.165, 1.54) is 76.2 Å². The van der Waals surface area contributed by atoms with E-state index in [9.17, 15) is 0 Å². The van der Waals surface area contributed by atoms with Gasteiger partial charge in [0.05, 0.1) is 0 Å². The quantitative estimate of drug-likeness (QED) is 0.302. The predicted molar refractivity (Wildman–Crippen MR) is 87.4 cm³/mol. The number of unbranched alkanes of at least 4 members (excludes halogenated alkanes) is 1. The Balaban J connectivity index is 2.22. The molecule has 112 valence electrons. The summed E-state index contributed by atoms with van der Waals surface area (Å²) in [5.41, 5.74) is 1.45. The van der Waals surface area contributed by atoms with Crippen LogP contribution in [0.25, 0.3) is 0 Å². The van der Waals surface area contributed by atoms with Crippen LogP contribution in [0.1, 0.15) is 91.4 Å². The summed E-state index contributed by atoms with van der Waals surface area (Å²) in [5.74, 6) is 2.78. The zero-order valence-corrected chi connectivity index (χ0v) is 13.7. The lowest BCUT2D eigenvalue weighted by Crippen LogP contribution is -2.13. The van der Waals surface area contributed by atoms with Crippen LogP contribution in [0.2, 0.25) is 0 Å². The van der Waals surface area contributed by atoms with Gasteiger partial charge in [0.1, 0.15) is 0 Å². The SMILES string of the molecule is C=C(C)C(CCCCC(CC)CCC)C1CCCC1. The van der Waals surface area contributed by atoms with E-state index in [1.54, 1.807) is 0 Å². The van der Waals surface area contributed by atoms with E-state index in [4.69, 9.17) is 0 Å². The van der Waals surface area contributed by atoms with Crippen molar-refractivity contribution in [2.75, 3.05) is 0 Å². The average Bonchev–Trinajstić information content (AvgIpc) is 2.90. The van der Waals surface area contributed by atoms with Crippen molar-refractivity contribution in [3.8, 4) is 0 Å². The van der Waals surface area contributed by atoms with Crippen LogP contribution in [0.4, 0.5) is 0 Å². The predicted octanol–water partition coefficient (Wildman–Crippen LogP) is 6.76. The molecule has 1 aliphatic carbocycles. The van der Waals surface area contributed by atoms with Gasteiger partial charge in [-0.15, -0.1) is 0 Å². The van der Waals surface area contributed by atoms with Crippen LogP contribution in [0, 0.1) is 17.8 Å². The van der Waals surface area contributed by atoms with Crippen molar-refractivity contribution in [1.29, 1.82) is 0 Å². The minimum Gasteiger partial charge on any atom is -0.0999 e. The first kappa shape index (κ1) is 16.8. The summed E-state index contributed by atoms with van der Waals surface area (Å²) < 4.78 is 0. The molecule has 0 bridgehead atoms. The van der Waals surface area contributed by atoms with E-state index in [0.717, 1.165) is 17.8 Å². The molecule has 1 fully saturated rings. The lowest BCUT2D eigenvalue weighted by molar-refractivity contribution is 0.341. The molecule has 0 nitrogen and oxygen atoms in total. The van der Waals surface area contributed by atoms with Gasteiger partial charge in [0.25, 0.3) is 0 Å². The summed E-state index contributed by atoms with van der Waals surface area (Å²) in [5, 5.41) is 0. The summed E-state index contributed by atoms with van der Waals surface area (Å²) in [4.78, 5) is 0. The van der Waals surface area contributed by atoms with Gasteiger partial charge in [0, 0.05) is 0 Å². The van der Waals surface area contributed by atoms with Gasteiger partial charge < -0.3 is 0 Å². The topological polar surface area (TPSA) is 0 Å². The molecule has 0 spiro atoms. The molecule has 1 saturated carbocycles. The second-order valence-corrected chi connectivity index (χ2v) is 6.84. The molecule has 0 saturated heterocycles. The van der Waals surface area contributed by atoms with E-state index < -0.39 is 0 Å². The van der Waals surface area contributed by atoms with Crippen molar-refractivity contribution in [2.24, 2.45) is 17.8 Å². The summed E-state index contributed by atoms with van der Waals surface area (Å²) >= 11 is 0. The maximum Gasteiger partial charge on any atom is -0.0180 e. The molecule has 2 atom stereocenters. The molecule has 0 heteroatoms. The maximum absolute atomic E-state index is 4.26. The fourth-order valence-electron chi connectivity index (χ4n) is 4.00. The second kappa shape index (κ2) is 9.61. The van der Waals surface area contributed by atoms with Crippen molar-refractivity contribution < 1.29 is 0 Å². The molecule has 0 amide bonds. The first-order valence-corrected chi connectivity index (χ1v) is 8.84. The minimum absolute atomic E-state index is 0.828. The Morgan fingerprint density at radius 3 is 2.21 bits per heavy atom. The van der Waals surface area contributed by atoms with E-state index in [0.29, 0.717) is 0 Å². The van der Waals surface area contributed by atoms with Crippen LogP contribution in [-0.2, 0) is 0 Å². The molecule has 0 radical (unpaired) electrons. The zero-order valence-electron chi connectivity index (χ0n) is 13.7. The molecule has 0 aromatic heterocycles. The molecular weight excluding hydrogens is 228 g/mol. The van der Waals surface area contributed by atoms with Crippen LogP contribution in [0.5, 0.6) is 0 Å². The van der Waals surface area contributed by atoms with Crippen molar-refractivity contribution in [2.45, 2.75) is 91.4 Å². The zero-order chi connectivity index (χ0) is 14.1. The van der Waals surface area contributed by atoms with Crippen LogP contribution < -0.4 is 0 Å². The summed E-state index contributed by atoms with van der Waals surface area (Å²) in [6.45, 7) is 11.2. The van der Waals surface area contributed by atoms with Crippen molar-refractivity contribution in [1.82, 2.24) is 0 Å². The third-order valence-electron chi connectivity index (χ3n) is 5.25. The van der Waals surface area contributed by atoms with E-state index in [1.807, 2.05) is 0 Å². The van der Waals surface area contributed by atoms with Gasteiger partial charge in [-0.25, -0.2) is 0 Å². The Bertz CT molecular complexity index is 234. The molecule has 0 heterocycles. The third kappa shape index (κ3) is 6.15. The average molecular weight is 264 g/mol. The molecule has 1 aliphatic rings. The standard InChI is InChI=1S/C19H36/c1-5-11-17(6-2)12-7-10-15-19(16(3)4)18-13-8-9-14-18/h17-19H,3,5-15H2,1-2,4H3. The van der Waals surface area contributed by atoms with E-state index in [2.05, 4.69) is 27.4 Å². The minimum atomic E-state index is 0.828. The van der Waals surface area contributed by atoms with Gasteiger partial charge in [0.2, 0.25) is 0 Å². The first-order chi connectivity index (χ1) is 9.19. The Hall–Kier alpha value is -0.260. The number of hydrogen-bond acceptors (Lipinski definition) is 0. The molecular formula is C19H36. The fourth-order valence-corrected chi connectivity index (χ4v) is 4.00. The highest BCUT2D eigenvalue weighted by molar-refractivity contribution is 4.99. The highest BCUT2D eigenvalue weighted by Crippen LogP contribution is 2.37. The lowest BCUT2D eigenvalue weighted by atomic mass is 9.81. The smallest absolute Gasteiger partial charge is 0.0180 e. The maximum atomic E-state index is 4.26. The van der Waals surface area contributed by atoms with Gasteiger partial charge in [-0.2, -0.15) is 0 Å². The molecule has 0 N–H and O–H groups in total. The Morgan fingerprint density at radius 2 is 1.68 bits per heavy atom. The van der Waals surface area contributed by atoms with Crippen molar-refractivity contribution in [3.63, 3.8) is 0 Å². The Labute approximate surface area is 122 Å². The van der Waals surface area contributed by atoms with E-state index in [-0.39, 0.29) is 0 Å². The van der Waals surface area contributed by atoms with Gasteiger partial charge in [-0.05, 0) is 43.9 Å². The Morgan fingerprint density at radius 1 is 1.05 bits per heavy atom. The monoisotopic (exact) mass is 264 g/mol. The van der Waals surface area contributed by atoms with Crippen LogP contribution >= 0.6 is 0 Å². The molecule has 1 rings (SSSR count). The number of allylic oxidation sites excluding steroid dienone is 1. The Kier molecular flexibility index (Phi) is 8.50. The molecule has 0 aliphatic heterocycles. The van der Waals surface area contributed by atoms with Crippen molar-refractivity contribution >= 4 is 0 Å². The van der Waals surface area contributed by atoms with E-state index >= 15 is 0 Å². The summed E-state index contributed by atoms with van der Waals surface area (Å²) in [7, 11) is 0. The molecule has 0 aromatic carbocycles. The molecule has 0 aromatic rings. The first-order valence-electron chi connectivity index (χ1n) is 8.84. The van der Waals surface area contributed by atoms with Crippen LogP contribution in [0.15, 0.2) is 12.2 Å². The fraction of sp³-hybridized carbons (Fsp3) is 0.895. The second-order valence-electron chi connectivity index (χ2n) is 6.84. The largest absolute Gasteiger partial charge is 0.0999 e. The summed E-state index contributed by atoms with van der Waals surface area (Å²) in [6.07, 6.45) is 15.7. The van der Waals surface area contributed by atoms with Gasteiger partial charge in [0.15, 0.2) is 0 Å². The normalized spacial score (nSPS) is 19.5. The highest BCUT2D eigenvalue weighted by Gasteiger charge is 2.24. The highest BCUT2D eigenvalue weighted by atomic mass is 14.3. The summed E-state index contributed by atoms with van der Waals surface area (Å²) in [6, 6.07) is 0. The lowest BCUT2D eigenvalue weighted by Gasteiger charge is -2.24. The van der Waals surface area contributed by atoms with Gasteiger partial charge >= 0.3 is 0 Å². The number of rotatable bonds is 10. The van der Waals surface area contributed by atoms with Crippen molar-refractivity contribution in [3.05, 3.63) is 12.2 Å². The number of hydrogen-bond donors (Lipinski definition) is 0. The molecule has 2 unspecified atom stereocenters. The van der Waals surface area contributed by atoms with Gasteiger partial charge in [-0.3, -0.25) is 0 Å². The van der Waals surface area contributed by atoms with Crippen LogP contribution in [-0.4, -0.2) is 0 Å². The van der Waals surface area contributed by atoms with Gasteiger partial charge in [-0.1, -0.05) is 77.4 Å². The molecule has 19 heavy (non-hydrogen) atoms. The third-order valence-corrected chi connectivity index (χ3v) is 5.25. The van der Waals surface area contributed by atoms with Crippen LogP contribution in [0.3, 0.4) is 0 Å².